The van der Waals surface area contributed by atoms with Crippen LogP contribution in [0, 0.1) is 13.8 Å². The molecule has 23 heavy (non-hydrogen) atoms. The number of hydrogen-bond donors (Lipinski definition) is 2. The summed E-state index contributed by atoms with van der Waals surface area (Å²) in [5.41, 5.74) is 0.0216. The van der Waals surface area contributed by atoms with Crippen molar-refractivity contribution in [2.75, 3.05) is 24.5 Å². The van der Waals surface area contributed by atoms with Gasteiger partial charge in [0.1, 0.15) is 22.7 Å². The maximum atomic E-state index is 12.2. The molecule has 2 N–H and O–H groups in total. The summed E-state index contributed by atoms with van der Waals surface area (Å²) in [6, 6.07) is 5.68. The molecule has 0 bridgehead atoms. The molecule has 7 heteroatoms. The van der Waals surface area contributed by atoms with Crippen molar-refractivity contribution in [1.82, 2.24) is 15.5 Å². The number of aryl methyl sites for hydroxylation is 2. The van der Waals surface area contributed by atoms with Gasteiger partial charge in [-0.25, -0.2) is 4.98 Å². The molecule has 1 atom stereocenters. The van der Waals surface area contributed by atoms with E-state index in [0.29, 0.717) is 36.5 Å². The number of anilines is 1. The topological polar surface area (TPSA) is 91.5 Å². The predicted molar refractivity (Wildman–Crippen MR) is 84.3 cm³/mol. The Morgan fingerprint density at radius 2 is 2.30 bits per heavy atom. The van der Waals surface area contributed by atoms with Gasteiger partial charge in [-0.1, -0.05) is 11.2 Å². The highest BCUT2D eigenvalue weighted by molar-refractivity contribution is 5.96. The van der Waals surface area contributed by atoms with Crippen molar-refractivity contribution in [3.63, 3.8) is 0 Å². The molecule has 0 saturated carbocycles. The standard InChI is InChI=1S/C16H20N4O3/c1-11-14(12(2)23-19-11)15(21)18-9-16(22)6-8-20(10-16)13-5-3-4-7-17-13/h3-5,7,22H,6,8-10H2,1-2H3,(H,18,21)/t16-/m1/s1. The molecular weight excluding hydrogens is 296 g/mol. The number of nitrogens with zero attached hydrogens (tertiary/aromatic N) is 3. The Hall–Kier alpha value is -2.41. The van der Waals surface area contributed by atoms with Crippen molar-refractivity contribution < 1.29 is 14.4 Å². The molecule has 0 aliphatic carbocycles. The number of aromatic nitrogens is 2. The van der Waals surface area contributed by atoms with Crippen molar-refractivity contribution in [1.29, 1.82) is 0 Å². The Labute approximate surface area is 134 Å². The smallest absolute Gasteiger partial charge is 0.256 e. The maximum absolute atomic E-state index is 12.2. The van der Waals surface area contributed by atoms with Gasteiger partial charge in [-0.3, -0.25) is 4.79 Å². The molecular formula is C16H20N4O3. The number of carbonyl (C=O) groups excluding carboxylic acids is 1. The van der Waals surface area contributed by atoms with E-state index in [2.05, 4.69) is 15.5 Å². The fourth-order valence-electron chi connectivity index (χ4n) is 2.88. The summed E-state index contributed by atoms with van der Waals surface area (Å²) < 4.78 is 5.00. The zero-order chi connectivity index (χ0) is 16.4. The first-order valence-electron chi connectivity index (χ1n) is 7.58. The van der Waals surface area contributed by atoms with E-state index in [1.807, 2.05) is 23.1 Å². The Kier molecular flexibility index (Phi) is 4.04. The third kappa shape index (κ3) is 3.19. The minimum Gasteiger partial charge on any atom is -0.386 e. The lowest BCUT2D eigenvalue weighted by Gasteiger charge is -2.24. The molecule has 0 spiro atoms. The summed E-state index contributed by atoms with van der Waals surface area (Å²) in [5, 5.41) is 17.2. The molecule has 2 aromatic rings. The Bertz CT molecular complexity index is 681. The molecule has 1 amide bonds. The van der Waals surface area contributed by atoms with Crippen LogP contribution in [0.15, 0.2) is 28.9 Å². The third-order valence-corrected chi connectivity index (χ3v) is 4.14. The second kappa shape index (κ2) is 6.00. The maximum Gasteiger partial charge on any atom is 0.256 e. The van der Waals surface area contributed by atoms with Crippen LogP contribution in [0.3, 0.4) is 0 Å². The number of hydrogen-bond acceptors (Lipinski definition) is 6. The van der Waals surface area contributed by atoms with E-state index in [9.17, 15) is 9.90 Å². The summed E-state index contributed by atoms with van der Waals surface area (Å²) in [4.78, 5) is 18.6. The van der Waals surface area contributed by atoms with Crippen LogP contribution < -0.4 is 10.2 Å². The molecule has 1 fully saturated rings. The Morgan fingerprint density at radius 1 is 1.48 bits per heavy atom. The monoisotopic (exact) mass is 316 g/mol. The summed E-state index contributed by atoms with van der Waals surface area (Å²) in [5.74, 6) is 1.04. The van der Waals surface area contributed by atoms with E-state index in [1.54, 1.807) is 20.0 Å². The zero-order valence-electron chi connectivity index (χ0n) is 13.2. The Morgan fingerprint density at radius 3 is 2.96 bits per heavy atom. The number of β-amino-alcohol motifs (C(OH)–C–C–N with tert-alkyl or cyclic N) is 1. The molecule has 2 aromatic heterocycles. The van der Waals surface area contributed by atoms with E-state index >= 15 is 0 Å². The van der Waals surface area contributed by atoms with E-state index < -0.39 is 5.60 Å². The van der Waals surface area contributed by atoms with Gasteiger partial charge in [0.15, 0.2) is 0 Å². The molecule has 1 aliphatic rings. The minimum atomic E-state index is -0.966. The van der Waals surface area contributed by atoms with Crippen molar-refractivity contribution in [2.45, 2.75) is 25.9 Å². The number of amides is 1. The molecule has 3 heterocycles. The van der Waals surface area contributed by atoms with Gasteiger partial charge in [-0.2, -0.15) is 0 Å². The number of carbonyl (C=O) groups is 1. The first kappa shape index (κ1) is 15.5. The van der Waals surface area contributed by atoms with Crippen LogP contribution in [0.2, 0.25) is 0 Å². The van der Waals surface area contributed by atoms with Crippen molar-refractivity contribution >= 4 is 11.7 Å². The van der Waals surface area contributed by atoms with E-state index in [1.165, 1.54) is 0 Å². The van der Waals surface area contributed by atoms with Crippen LogP contribution in [0.4, 0.5) is 5.82 Å². The lowest BCUT2D eigenvalue weighted by Crippen LogP contribution is -2.45. The number of nitrogens with one attached hydrogen (secondary N) is 1. The number of aliphatic hydroxyl groups is 1. The normalized spacial score (nSPS) is 20.7. The average molecular weight is 316 g/mol. The molecule has 0 radical (unpaired) electrons. The summed E-state index contributed by atoms with van der Waals surface area (Å²) in [7, 11) is 0. The minimum absolute atomic E-state index is 0.180. The first-order chi connectivity index (χ1) is 11.0. The predicted octanol–water partition coefficient (Wildman–Crippen LogP) is 1.06. The third-order valence-electron chi connectivity index (χ3n) is 4.14. The van der Waals surface area contributed by atoms with Gasteiger partial charge in [0.05, 0.1) is 5.69 Å². The fraction of sp³-hybridized carbons (Fsp3) is 0.438. The first-order valence-corrected chi connectivity index (χ1v) is 7.58. The average Bonchev–Trinajstić information content (AvgIpc) is 3.10. The Balaban J connectivity index is 1.61. The van der Waals surface area contributed by atoms with Gasteiger partial charge in [0.2, 0.25) is 0 Å². The molecule has 1 aliphatic heterocycles. The highest BCUT2D eigenvalue weighted by Crippen LogP contribution is 2.25. The zero-order valence-corrected chi connectivity index (χ0v) is 13.2. The second-order valence-corrected chi connectivity index (χ2v) is 5.97. The molecule has 1 saturated heterocycles. The van der Waals surface area contributed by atoms with Crippen LogP contribution in [-0.4, -0.2) is 46.4 Å². The SMILES string of the molecule is Cc1noc(C)c1C(=O)NC[C@]1(O)CCN(c2ccccn2)C1. The molecule has 3 rings (SSSR count). The van der Waals surface area contributed by atoms with Gasteiger partial charge in [0, 0.05) is 25.8 Å². The van der Waals surface area contributed by atoms with Crippen LogP contribution in [-0.2, 0) is 0 Å². The summed E-state index contributed by atoms with van der Waals surface area (Å²) in [6.07, 6.45) is 2.30. The lowest BCUT2D eigenvalue weighted by molar-refractivity contribution is 0.0575. The van der Waals surface area contributed by atoms with Crippen LogP contribution in [0.5, 0.6) is 0 Å². The number of rotatable bonds is 4. The number of pyridine rings is 1. The van der Waals surface area contributed by atoms with Gasteiger partial charge in [0.25, 0.3) is 5.91 Å². The van der Waals surface area contributed by atoms with E-state index in [4.69, 9.17) is 4.52 Å². The van der Waals surface area contributed by atoms with Crippen LogP contribution in [0.1, 0.15) is 28.2 Å². The van der Waals surface area contributed by atoms with Crippen molar-refractivity contribution in [2.24, 2.45) is 0 Å². The van der Waals surface area contributed by atoms with Crippen LogP contribution >= 0.6 is 0 Å². The molecule has 122 valence electrons. The largest absolute Gasteiger partial charge is 0.386 e. The molecule has 0 aromatic carbocycles. The van der Waals surface area contributed by atoms with Gasteiger partial charge in [-0.05, 0) is 32.4 Å². The quantitative estimate of drug-likeness (QED) is 0.876. The molecule has 0 unspecified atom stereocenters. The summed E-state index contributed by atoms with van der Waals surface area (Å²) in [6.45, 7) is 4.74. The lowest BCUT2D eigenvalue weighted by atomic mass is 10.0. The summed E-state index contributed by atoms with van der Waals surface area (Å²) >= 11 is 0. The highest BCUT2D eigenvalue weighted by atomic mass is 16.5. The van der Waals surface area contributed by atoms with Crippen molar-refractivity contribution in [3.05, 3.63) is 41.4 Å². The van der Waals surface area contributed by atoms with Crippen molar-refractivity contribution in [3.8, 4) is 0 Å². The van der Waals surface area contributed by atoms with E-state index in [0.717, 1.165) is 5.82 Å². The second-order valence-electron chi connectivity index (χ2n) is 5.97. The molecule has 7 nitrogen and oxygen atoms in total. The van der Waals surface area contributed by atoms with Crippen LogP contribution in [0.25, 0.3) is 0 Å². The van der Waals surface area contributed by atoms with Gasteiger partial charge < -0.3 is 19.8 Å². The highest BCUT2D eigenvalue weighted by Gasteiger charge is 2.37. The van der Waals surface area contributed by atoms with Gasteiger partial charge >= 0.3 is 0 Å². The van der Waals surface area contributed by atoms with E-state index in [-0.39, 0.29) is 12.5 Å². The van der Waals surface area contributed by atoms with Gasteiger partial charge in [-0.15, -0.1) is 0 Å². The fourth-order valence-corrected chi connectivity index (χ4v) is 2.88.